The van der Waals surface area contributed by atoms with E-state index in [9.17, 15) is 4.79 Å². The van der Waals surface area contributed by atoms with E-state index in [0.29, 0.717) is 29.0 Å². The lowest BCUT2D eigenvalue weighted by atomic mass is 9.69. The largest absolute Gasteiger partial charge is 0.444 e. The van der Waals surface area contributed by atoms with Crippen LogP contribution in [0.25, 0.3) is 0 Å². The second-order valence-corrected chi connectivity index (χ2v) is 13.9. The van der Waals surface area contributed by atoms with Crippen molar-refractivity contribution in [2.45, 2.75) is 70.6 Å². The van der Waals surface area contributed by atoms with E-state index >= 15 is 9.59 Å². The van der Waals surface area contributed by atoms with Gasteiger partial charge in [-0.3, -0.25) is 19.8 Å². The van der Waals surface area contributed by atoms with E-state index in [0.717, 1.165) is 11.1 Å². The number of amides is 3. The third-order valence-electron chi connectivity index (χ3n) is 9.44. The molecule has 0 bridgehead atoms. The van der Waals surface area contributed by atoms with Gasteiger partial charge in [0.2, 0.25) is 0 Å². The molecule has 3 aliphatic rings. The average Bonchev–Trinajstić information content (AvgIpc) is 3.60. The highest BCUT2D eigenvalue weighted by Crippen LogP contribution is 2.63. The molecule has 1 N–H and O–H groups in total. The standard InChI is InChI=1S/C39H40N4O4/c1-26(2)33-40-38(29-20-12-14-22-31(29)41(34(38)44)24-27-16-8-6-9-17-27)39(43(33)36(46)47-37(3,4)5)30-21-13-15-23-32(30)42(35(39)45)25-28-18-10-7-11-19-28/h6-23,26,33,40H,24-25H2,1-5H3. The summed E-state index contributed by atoms with van der Waals surface area (Å²) >= 11 is 0. The van der Waals surface area contributed by atoms with Gasteiger partial charge in [0.1, 0.15) is 5.60 Å². The molecule has 3 unspecified atom stereocenters. The monoisotopic (exact) mass is 628 g/mol. The number of hydrogen-bond donors (Lipinski definition) is 1. The zero-order valence-corrected chi connectivity index (χ0v) is 27.4. The van der Waals surface area contributed by atoms with Crippen LogP contribution in [0.4, 0.5) is 16.2 Å². The van der Waals surface area contributed by atoms with Crippen molar-refractivity contribution in [1.29, 1.82) is 0 Å². The molecule has 2 spiro atoms. The molecule has 240 valence electrons. The van der Waals surface area contributed by atoms with Gasteiger partial charge in [0.05, 0.1) is 24.9 Å². The Kier molecular flexibility index (Phi) is 7.24. The quantitative estimate of drug-likeness (QED) is 0.266. The summed E-state index contributed by atoms with van der Waals surface area (Å²) in [5.41, 5.74) is 0.193. The SMILES string of the molecule is CC(C)C1NC2(C(=O)N(Cc3ccccc3)c3ccccc32)C2(C(=O)N(Cc3ccccc3)c3ccccc32)N1C(=O)OC(C)(C)C. The van der Waals surface area contributed by atoms with E-state index in [1.165, 1.54) is 0 Å². The molecule has 8 nitrogen and oxygen atoms in total. The van der Waals surface area contributed by atoms with Gasteiger partial charge in [0, 0.05) is 16.8 Å². The highest BCUT2D eigenvalue weighted by molar-refractivity contribution is 6.19. The molecule has 3 aliphatic heterocycles. The first-order valence-corrected chi connectivity index (χ1v) is 16.2. The number of nitrogens with one attached hydrogen (secondary N) is 1. The second kappa shape index (κ2) is 11.1. The van der Waals surface area contributed by atoms with Crippen molar-refractivity contribution in [2.24, 2.45) is 5.92 Å². The van der Waals surface area contributed by atoms with Crippen molar-refractivity contribution in [3.8, 4) is 0 Å². The fraction of sp³-hybridized carbons (Fsp3) is 0.308. The van der Waals surface area contributed by atoms with Gasteiger partial charge in [-0.1, -0.05) is 111 Å². The molecule has 4 aromatic rings. The number of carbonyl (C=O) groups is 3. The minimum Gasteiger partial charge on any atom is -0.444 e. The molecule has 0 aromatic heterocycles. The van der Waals surface area contributed by atoms with Gasteiger partial charge in [-0.05, 0) is 49.9 Å². The molecule has 1 fully saturated rings. The summed E-state index contributed by atoms with van der Waals surface area (Å²) < 4.78 is 6.11. The van der Waals surface area contributed by atoms with Crippen LogP contribution in [0.1, 0.15) is 56.9 Å². The van der Waals surface area contributed by atoms with Gasteiger partial charge in [-0.15, -0.1) is 0 Å². The fourth-order valence-electron chi connectivity index (χ4n) is 7.62. The maximum atomic E-state index is 15.7. The van der Waals surface area contributed by atoms with Crippen LogP contribution < -0.4 is 15.1 Å². The summed E-state index contributed by atoms with van der Waals surface area (Å²) in [5, 5.41) is 3.68. The smallest absolute Gasteiger partial charge is 0.412 e. The Hall–Kier alpha value is -4.95. The third kappa shape index (κ3) is 4.49. The van der Waals surface area contributed by atoms with Crippen molar-refractivity contribution in [2.75, 3.05) is 9.80 Å². The van der Waals surface area contributed by atoms with Crippen LogP contribution in [0, 0.1) is 5.92 Å². The molecule has 0 saturated carbocycles. The molecule has 4 aromatic carbocycles. The number of nitrogens with zero attached hydrogens (tertiary/aromatic N) is 3. The first kappa shape index (κ1) is 30.7. The lowest BCUT2D eigenvalue weighted by Gasteiger charge is -2.43. The summed E-state index contributed by atoms with van der Waals surface area (Å²) in [6.07, 6.45) is -1.37. The Balaban J connectivity index is 1.52. The maximum Gasteiger partial charge on any atom is 0.412 e. The predicted molar refractivity (Wildman–Crippen MR) is 181 cm³/mol. The summed E-state index contributed by atoms with van der Waals surface area (Å²) in [6, 6.07) is 34.8. The Morgan fingerprint density at radius 3 is 1.72 bits per heavy atom. The van der Waals surface area contributed by atoms with E-state index in [1.807, 2.05) is 144 Å². The second-order valence-electron chi connectivity index (χ2n) is 13.9. The summed E-state index contributed by atoms with van der Waals surface area (Å²) in [4.78, 5) is 50.9. The van der Waals surface area contributed by atoms with Crippen molar-refractivity contribution in [3.05, 3.63) is 131 Å². The van der Waals surface area contributed by atoms with E-state index in [2.05, 4.69) is 5.32 Å². The van der Waals surface area contributed by atoms with Gasteiger partial charge in [-0.25, -0.2) is 4.79 Å². The van der Waals surface area contributed by atoms with Crippen LogP contribution in [0.5, 0.6) is 0 Å². The molecule has 1 saturated heterocycles. The highest BCUT2D eigenvalue weighted by atomic mass is 16.6. The molecular weight excluding hydrogens is 588 g/mol. The number of fused-ring (bicyclic) bond motifs is 5. The normalized spacial score (nSPS) is 23.3. The highest BCUT2D eigenvalue weighted by Gasteiger charge is 2.79. The average molecular weight is 629 g/mol. The number of ether oxygens (including phenoxy) is 1. The van der Waals surface area contributed by atoms with Gasteiger partial charge in [-0.2, -0.15) is 0 Å². The number of para-hydroxylation sites is 2. The Labute approximate surface area is 275 Å². The van der Waals surface area contributed by atoms with Gasteiger partial charge in [0.15, 0.2) is 11.1 Å². The van der Waals surface area contributed by atoms with Crippen molar-refractivity contribution >= 4 is 29.3 Å². The van der Waals surface area contributed by atoms with Gasteiger partial charge in [0.25, 0.3) is 11.8 Å². The number of hydrogen-bond acceptors (Lipinski definition) is 5. The first-order valence-electron chi connectivity index (χ1n) is 16.2. The molecule has 7 rings (SSSR count). The topological polar surface area (TPSA) is 82.2 Å². The van der Waals surface area contributed by atoms with Crippen LogP contribution in [0.15, 0.2) is 109 Å². The van der Waals surface area contributed by atoms with Crippen LogP contribution >= 0.6 is 0 Å². The zero-order valence-electron chi connectivity index (χ0n) is 27.4. The number of benzene rings is 4. The molecule has 3 amide bonds. The third-order valence-corrected chi connectivity index (χ3v) is 9.44. The summed E-state index contributed by atoms with van der Waals surface area (Å²) in [6.45, 7) is 9.98. The Bertz CT molecular complexity index is 1850. The maximum absolute atomic E-state index is 15.7. The molecule has 47 heavy (non-hydrogen) atoms. The lowest BCUT2D eigenvalue weighted by Crippen LogP contribution is -2.66. The van der Waals surface area contributed by atoms with E-state index in [-0.39, 0.29) is 24.3 Å². The number of carbonyl (C=O) groups excluding carboxylic acids is 3. The fourth-order valence-corrected chi connectivity index (χ4v) is 7.62. The van der Waals surface area contributed by atoms with E-state index in [4.69, 9.17) is 4.74 Å². The van der Waals surface area contributed by atoms with Crippen molar-refractivity contribution in [1.82, 2.24) is 10.2 Å². The van der Waals surface area contributed by atoms with Crippen LogP contribution in [-0.4, -0.2) is 34.6 Å². The minimum atomic E-state index is -1.80. The van der Waals surface area contributed by atoms with Crippen LogP contribution in [0.2, 0.25) is 0 Å². The Morgan fingerprint density at radius 1 is 0.723 bits per heavy atom. The number of rotatable bonds is 5. The van der Waals surface area contributed by atoms with Crippen molar-refractivity contribution in [3.63, 3.8) is 0 Å². The van der Waals surface area contributed by atoms with Gasteiger partial charge < -0.3 is 14.5 Å². The summed E-state index contributed by atoms with van der Waals surface area (Å²) in [5.74, 6) is -0.831. The zero-order chi connectivity index (χ0) is 33.1. The number of anilines is 2. The molecule has 3 atom stereocenters. The van der Waals surface area contributed by atoms with Crippen LogP contribution in [-0.2, 0) is 38.5 Å². The van der Waals surface area contributed by atoms with Crippen molar-refractivity contribution < 1.29 is 19.1 Å². The van der Waals surface area contributed by atoms with Gasteiger partial charge >= 0.3 is 6.09 Å². The van der Waals surface area contributed by atoms with Crippen LogP contribution in [0.3, 0.4) is 0 Å². The molecule has 3 heterocycles. The Morgan fingerprint density at radius 2 is 1.19 bits per heavy atom. The summed E-state index contributed by atoms with van der Waals surface area (Å²) in [7, 11) is 0. The lowest BCUT2D eigenvalue weighted by molar-refractivity contribution is -0.140. The molecular formula is C39H40N4O4. The predicted octanol–water partition coefficient (Wildman–Crippen LogP) is 6.69. The molecule has 8 heteroatoms. The molecule has 0 radical (unpaired) electrons. The molecule has 0 aliphatic carbocycles. The van der Waals surface area contributed by atoms with E-state index in [1.54, 1.807) is 14.7 Å². The minimum absolute atomic E-state index is 0.190. The van der Waals surface area contributed by atoms with E-state index < -0.39 is 28.9 Å². The first-order chi connectivity index (χ1) is 22.5.